The minimum atomic E-state index is -2.61. The van der Waals surface area contributed by atoms with Crippen LogP contribution in [0.4, 0.5) is 0 Å². The Labute approximate surface area is 171 Å². The van der Waals surface area contributed by atoms with Crippen LogP contribution in [0, 0.1) is 11.7 Å². The van der Waals surface area contributed by atoms with Gasteiger partial charge in [-0.05, 0) is 49.4 Å². The molecule has 0 aliphatic carbocycles. The normalized spacial score (nSPS) is 9.89. The van der Waals surface area contributed by atoms with Crippen LogP contribution in [0.3, 0.4) is 0 Å². The summed E-state index contributed by atoms with van der Waals surface area (Å²) in [5.41, 5.74) is 3.57. The third-order valence-corrected chi connectivity index (χ3v) is 4.45. The molecular formula is C19H22Cl2N2O3S. The molecule has 0 spiro atoms. The van der Waals surface area contributed by atoms with Gasteiger partial charge in [-0.15, -0.1) is 0 Å². The van der Waals surface area contributed by atoms with Crippen molar-refractivity contribution in [3.8, 4) is 0 Å². The Hall–Kier alpha value is -1.89. The molecule has 0 bridgehead atoms. The second kappa shape index (κ2) is 12.5. The molecule has 0 saturated heterocycles. The molecule has 0 unspecified atom stereocenters. The molecule has 2 N–H and O–H groups in total. The Balaban J connectivity index is 0.000000828. The van der Waals surface area contributed by atoms with Crippen LogP contribution in [0.25, 0.3) is 0 Å². The summed E-state index contributed by atoms with van der Waals surface area (Å²) in [5.74, 6) is 0.0970. The first-order valence-electron chi connectivity index (χ1n) is 8.34. The Morgan fingerprint density at radius 2 is 1.59 bits per heavy atom. The SMILES string of the molecule is Cc1ccc(CCC(=O)NCCCc2ccc(Cl)c(Cl)c2)cc1.N=S(=O)=O. The average Bonchev–Trinajstić information content (AvgIpc) is 2.61. The van der Waals surface area contributed by atoms with E-state index in [4.69, 9.17) is 36.4 Å². The fraction of sp³-hybridized carbons (Fsp3) is 0.316. The number of carbonyl (C=O) groups is 1. The van der Waals surface area contributed by atoms with E-state index in [-0.39, 0.29) is 5.91 Å². The van der Waals surface area contributed by atoms with Crippen molar-refractivity contribution < 1.29 is 13.2 Å². The van der Waals surface area contributed by atoms with E-state index in [2.05, 4.69) is 36.5 Å². The van der Waals surface area contributed by atoms with Gasteiger partial charge in [0.15, 0.2) is 0 Å². The number of amides is 1. The maximum atomic E-state index is 11.8. The molecule has 0 atom stereocenters. The topological polar surface area (TPSA) is 87.1 Å². The van der Waals surface area contributed by atoms with Crippen molar-refractivity contribution in [1.82, 2.24) is 5.32 Å². The largest absolute Gasteiger partial charge is 0.356 e. The highest BCUT2D eigenvalue weighted by Gasteiger charge is 2.03. The van der Waals surface area contributed by atoms with Crippen LogP contribution in [0.2, 0.25) is 10.0 Å². The Morgan fingerprint density at radius 1 is 1.00 bits per heavy atom. The summed E-state index contributed by atoms with van der Waals surface area (Å²) in [5, 5.41) is 4.11. The molecule has 2 aromatic rings. The standard InChI is InChI=1S/C19H21Cl2NO.HNO2S/c1-14-4-6-15(7-5-14)9-11-19(23)22-12-2-3-16-8-10-17(20)18(21)13-16;1-4(2)3/h4-8,10,13H,2-3,9,11-12H2,1H3,(H,22,23);1H. The first-order chi connectivity index (χ1) is 12.8. The third kappa shape index (κ3) is 10.8. The molecule has 27 heavy (non-hydrogen) atoms. The summed E-state index contributed by atoms with van der Waals surface area (Å²) in [4.78, 5) is 11.8. The van der Waals surface area contributed by atoms with Gasteiger partial charge in [-0.2, -0.15) is 13.2 Å². The monoisotopic (exact) mass is 428 g/mol. The van der Waals surface area contributed by atoms with Crippen molar-refractivity contribution >= 4 is 39.6 Å². The predicted octanol–water partition coefficient (Wildman–Crippen LogP) is 4.61. The number of halogens is 2. The zero-order valence-electron chi connectivity index (χ0n) is 15.0. The van der Waals surface area contributed by atoms with Gasteiger partial charge in [0.05, 0.1) is 10.0 Å². The molecule has 146 valence electrons. The number of hydrogen-bond acceptors (Lipinski definition) is 4. The lowest BCUT2D eigenvalue weighted by atomic mass is 10.1. The van der Waals surface area contributed by atoms with Gasteiger partial charge in [-0.3, -0.25) is 4.79 Å². The lowest BCUT2D eigenvalue weighted by Crippen LogP contribution is -2.24. The summed E-state index contributed by atoms with van der Waals surface area (Å²) >= 11 is 11.9. The fourth-order valence-electron chi connectivity index (χ4n) is 2.32. The van der Waals surface area contributed by atoms with Crippen LogP contribution in [0.5, 0.6) is 0 Å². The van der Waals surface area contributed by atoms with Crippen LogP contribution >= 0.6 is 23.2 Å². The van der Waals surface area contributed by atoms with Crippen molar-refractivity contribution in [3.05, 3.63) is 69.2 Å². The molecule has 1 amide bonds. The molecule has 2 aromatic carbocycles. The maximum absolute atomic E-state index is 11.8. The van der Waals surface area contributed by atoms with Gasteiger partial charge in [0.2, 0.25) is 5.91 Å². The molecule has 0 aromatic heterocycles. The van der Waals surface area contributed by atoms with E-state index in [1.165, 1.54) is 11.1 Å². The van der Waals surface area contributed by atoms with Gasteiger partial charge in [0.1, 0.15) is 0 Å². The highest BCUT2D eigenvalue weighted by atomic mass is 35.5. The molecule has 2 rings (SSSR count). The number of carbonyl (C=O) groups excluding carboxylic acids is 1. The molecule has 0 heterocycles. The van der Waals surface area contributed by atoms with E-state index in [9.17, 15) is 4.79 Å². The minimum absolute atomic E-state index is 0.0970. The molecule has 0 fully saturated rings. The highest BCUT2D eigenvalue weighted by molar-refractivity contribution is 7.60. The summed E-state index contributed by atoms with van der Waals surface area (Å²) in [7, 11) is -2.61. The second-order valence-electron chi connectivity index (χ2n) is 5.92. The summed E-state index contributed by atoms with van der Waals surface area (Å²) in [6.45, 7) is 2.73. The van der Waals surface area contributed by atoms with Crippen molar-refractivity contribution in [3.63, 3.8) is 0 Å². The summed E-state index contributed by atoms with van der Waals surface area (Å²) in [6, 6.07) is 13.9. The van der Waals surface area contributed by atoms with Crippen molar-refractivity contribution in [2.75, 3.05) is 6.54 Å². The van der Waals surface area contributed by atoms with E-state index in [0.29, 0.717) is 23.0 Å². The highest BCUT2D eigenvalue weighted by Crippen LogP contribution is 2.23. The van der Waals surface area contributed by atoms with Crippen molar-refractivity contribution in [2.24, 2.45) is 0 Å². The summed E-state index contributed by atoms with van der Waals surface area (Å²) < 4.78 is 22.8. The molecule has 0 aliphatic rings. The molecule has 0 saturated carbocycles. The van der Waals surface area contributed by atoms with Gasteiger partial charge in [-0.1, -0.05) is 59.1 Å². The van der Waals surface area contributed by atoms with E-state index in [0.717, 1.165) is 24.8 Å². The molecule has 0 aliphatic heterocycles. The molecular weight excluding hydrogens is 407 g/mol. The average molecular weight is 429 g/mol. The van der Waals surface area contributed by atoms with Crippen LogP contribution in [0.15, 0.2) is 42.5 Å². The second-order valence-corrected chi connectivity index (χ2v) is 7.21. The fourth-order valence-corrected chi connectivity index (χ4v) is 2.64. The van der Waals surface area contributed by atoms with Crippen molar-refractivity contribution in [2.45, 2.75) is 32.6 Å². The van der Waals surface area contributed by atoms with Crippen molar-refractivity contribution in [1.29, 1.82) is 4.78 Å². The third-order valence-electron chi connectivity index (χ3n) is 3.71. The quantitative estimate of drug-likeness (QED) is 0.630. The molecule has 8 heteroatoms. The smallest absolute Gasteiger partial charge is 0.308 e. The van der Waals surface area contributed by atoms with Crippen LogP contribution < -0.4 is 5.32 Å². The first-order valence-corrected chi connectivity index (χ1v) is 10.2. The lowest BCUT2D eigenvalue weighted by molar-refractivity contribution is -0.121. The molecule has 0 radical (unpaired) electrons. The maximum Gasteiger partial charge on any atom is 0.308 e. The number of hydrogen-bond donors (Lipinski definition) is 2. The van der Waals surface area contributed by atoms with E-state index < -0.39 is 10.5 Å². The molecule has 5 nitrogen and oxygen atoms in total. The van der Waals surface area contributed by atoms with Crippen LogP contribution in [-0.4, -0.2) is 20.9 Å². The Kier molecular flexibility index (Phi) is 10.7. The lowest BCUT2D eigenvalue weighted by Gasteiger charge is -2.06. The zero-order chi connectivity index (χ0) is 20.2. The Bertz CT molecular complexity index is 847. The predicted molar refractivity (Wildman–Crippen MR) is 109 cm³/mol. The van der Waals surface area contributed by atoms with Crippen LogP contribution in [-0.2, 0) is 28.1 Å². The Morgan fingerprint density at radius 3 is 2.19 bits per heavy atom. The number of benzene rings is 2. The zero-order valence-corrected chi connectivity index (χ0v) is 17.3. The number of rotatable bonds is 7. The minimum Gasteiger partial charge on any atom is -0.356 e. The van der Waals surface area contributed by atoms with E-state index in [1.807, 2.05) is 12.1 Å². The summed E-state index contributed by atoms with van der Waals surface area (Å²) in [6.07, 6.45) is 3.05. The van der Waals surface area contributed by atoms with Gasteiger partial charge < -0.3 is 5.32 Å². The van der Waals surface area contributed by atoms with E-state index in [1.54, 1.807) is 6.07 Å². The van der Waals surface area contributed by atoms with Gasteiger partial charge in [-0.25, -0.2) is 0 Å². The van der Waals surface area contributed by atoms with Gasteiger partial charge >= 0.3 is 10.5 Å². The van der Waals surface area contributed by atoms with Gasteiger partial charge in [0.25, 0.3) is 0 Å². The van der Waals surface area contributed by atoms with E-state index >= 15 is 0 Å². The van der Waals surface area contributed by atoms with Gasteiger partial charge in [0, 0.05) is 13.0 Å². The number of aryl methyl sites for hydroxylation is 3. The first kappa shape index (κ1) is 23.1. The number of nitrogens with one attached hydrogen (secondary N) is 2. The van der Waals surface area contributed by atoms with Crippen LogP contribution in [0.1, 0.15) is 29.5 Å².